The van der Waals surface area contributed by atoms with Crippen LogP contribution in [0.5, 0.6) is 5.88 Å². The number of benzene rings is 1. The van der Waals surface area contributed by atoms with Crippen LogP contribution in [0.25, 0.3) is 0 Å². The number of hydrogen-bond donors (Lipinski definition) is 2. The molecular formula is C22H26FN5O4S. The summed E-state index contributed by atoms with van der Waals surface area (Å²) >= 11 is 0. The third kappa shape index (κ3) is 6.13. The van der Waals surface area contributed by atoms with Crippen LogP contribution in [0.3, 0.4) is 0 Å². The lowest BCUT2D eigenvalue weighted by Crippen LogP contribution is -2.32. The number of hydrogen-bond acceptors (Lipinski definition) is 7. The van der Waals surface area contributed by atoms with Crippen molar-refractivity contribution in [1.82, 2.24) is 19.5 Å². The summed E-state index contributed by atoms with van der Waals surface area (Å²) in [6, 6.07) is 8.83. The molecule has 1 aromatic carbocycles. The molecule has 0 aliphatic rings. The van der Waals surface area contributed by atoms with Gasteiger partial charge >= 0.3 is 0 Å². The van der Waals surface area contributed by atoms with E-state index in [0.29, 0.717) is 12.2 Å². The van der Waals surface area contributed by atoms with Gasteiger partial charge in [0.15, 0.2) is 11.5 Å². The van der Waals surface area contributed by atoms with E-state index in [1.54, 1.807) is 0 Å². The highest BCUT2D eigenvalue weighted by Gasteiger charge is 2.24. The first kappa shape index (κ1) is 24.3. The van der Waals surface area contributed by atoms with Crippen LogP contribution in [0.2, 0.25) is 0 Å². The molecule has 0 fully saturated rings. The zero-order valence-corrected chi connectivity index (χ0v) is 19.2. The third-order valence-corrected chi connectivity index (χ3v) is 6.37. The number of aromatic hydroxyl groups is 1. The second kappa shape index (κ2) is 10.5. The molecule has 9 nitrogen and oxygen atoms in total. The molecule has 2 N–H and O–H groups in total. The van der Waals surface area contributed by atoms with Gasteiger partial charge in [-0.25, -0.2) is 22.8 Å². The molecular weight excluding hydrogens is 449 g/mol. The van der Waals surface area contributed by atoms with Crippen molar-refractivity contribution < 1.29 is 17.9 Å². The van der Waals surface area contributed by atoms with Crippen LogP contribution in [0.1, 0.15) is 49.9 Å². The fraction of sp³-hybridized carbons (Fsp3) is 0.364. The van der Waals surface area contributed by atoms with Gasteiger partial charge in [0.25, 0.3) is 5.56 Å². The van der Waals surface area contributed by atoms with Crippen LogP contribution in [-0.2, 0) is 22.9 Å². The first-order valence-corrected chi connectivity index (χ1v) is 12.2. The smallest absolute Gasteiger partial charge is 0.282 e. The maximum absolute atomic E-state index is 13.3. The standard InChI is InChI=1S/C22H26FN5O4S/c1-3-4-10-19-26-21(29)20(22(30)28(19)15(2)16-8-6-5-7-9-16)27-33(31,32)12-11-18-24-13-17(23)14-25-18/h5-9,13-15,27,29H,3-4,10-12H2,1-2H3/t15-/m1/s1. The van der Waals surface area contributed by atoms with E-state index in [9.17, 15) is 22.7 Å². The van der Waals surface area contributed by atoms with E-state index < -0.39 is 44.8 Å². The first-order valence-electron chi connectivity index (χ1n) is 10.6. The van der Waals surface area contributed by atoms with E-state index in [4.69, 9.17) is 0 Å². The van der Waals surface area contributed by atoms with Crippen molar-refractivity contribution >= 4 is 15.7 Å². The minimum atomic E-state index is -4.06. The second-order valence-electron chi connectivity index (χ2n) is 7.58. The van der Waals surface area contributed by atoms with E-state index in [1.165, 1.54) is 4.57 Å². The minimum absolute atomic E-state index is 0.104. The van der Waals surface area contributed by atoms with Crippen molar-refractivity contribution in [3.8, 4) is 5.88 Å². The first-order chi connectivity index (χ1) is 15.7. The number of nitrogens with zero attached hydrogens (tertiary/aromatic N) is 4. The van der Waals surface area contributed by atoms with E-state index in [2.05, 4.69) is 19.7 Å². The molecule has 3 aromatic rings. The summed E-state index contributed by atoms with van der Waals surface area (Å²) in [5.74, 6) is -1.27. The van der Waals surface area contributed by atoms with Gasteiger partial charge in [-0.05, 0) is 18.9 Å². The molecule has 2 aromatic heterocycles. The van der Waals surface area contributed by atoms with E-state index in [1.807, 2.05) is 44.2 Å². The van der Waals surface area contributed by atoms with Crippen LogP contribution in [0.15, 0.2) is 47.5 Å². The molecule has 3 rings (SSSR count). The van der Waals surface area contributed by atoms with Gasteiger partial charge in [0.1, 0.15) is 11.6 Å². The van der Waals surface area contributed by atoms with Crippen molar-refractivity contribution in [1.29, 1.82) is 0 Å². The molecule has 1 atom stereocenters. The van der Waals surface area contributed by atoms with Crippen molar-refractivity contribution in [2.45, 2.75) is 45.6 Å². The Hall–Kier alpha value is -3.34. The number of rotatable bonds is 10. The maximum atomic E-state index is 13.3. The van der Waals surface area contributed by atoms with Crippen LogP contribution >= 0.6 is 0 Å². The number of halogens is 1. The van der Waals surface area contributed by atoms with Crippen LogP contribution in [0.4, 0.5) is 10.1 Å². The third-order valence-electron chi connectivity index (χ3n) is 5.12. The summed E-state index contributed by atoms with van der Waals surface area (Å²) in [5, 5.41) is 10.4. The maximum Gasteiger partial charge on any atom is 0.282 e. The molecule has 0 radical (unpaired) electrons. The van der Waals surface area contributed by atoms with Crippen LogP contribution < -0.4 is 10.3 Å². The van der Waals surface area contributed by atoms with Gasteiger partial charge in [0, 0.05) is 12.8 Å². The number of nitrogens with one attached hydrogen (secondary N) is 1. The van der Waals surface area contributed by atoms with Gasteiger partial charge in [0.2, 0.25) is 15.9 Å². The topological polar surface area (TPSA) is 127 Å². The highest BCUT2D eigenvalue weighted by Crippen LogP contribution is 2.24. The fourth-order valence-electron chi connectivity index (χ4n) is 3.35. The lowest BCUT2D eigenvalue weighted by Gasteiger charge is -2.21. The summed E-state index contributed by atoms with van der Waals surface area (Å²) in [6.07, 6.45) is 3.83. The molecule has 0 aliphatic heterocycles. The zero-order valence-electron chi connectivity index (χ0n) is 18.4. The second-order valence-corrected chi connectivity index (χ2v) is 9.42. The monoisotopic (exact) mass is 475 g/mol. The number of aryl methyl sites for hydroxylation is 2. The summed E-state index contributed by atoms with van der Waals surface area (Å²) in [7, 11) is -4.06. The highest BCUT2D eigenvalue weighted by molar-refractivity contribution is 7.92. The van der Waals surface area contributed by atoms with E-state index in [-0.39, 0.29) is 12.2 Å². The lowest BCUT2D eigenvalue weighted by atomic mass is 10.1. The molecule has 0 bridgehead atoms. The number of anilines is 1. The SMILES string of the molecule is CCCCc1nc(O)c(NS(=O)(=O)CCc2ncc(F)cn2)c(=O)n1[C@H](C)c1ccccc1. The summed E-state index contributed by atoms with van der Waals surface area (Å²) < 4.78 is 41.8. The molecule has 0 unspecified atom stereocenters. The average molecular weight is 476 g/mol. The van der Waals surface area contributed by atoms with Crippen molar-refractivity contribution in [3.05, 3.63) is 76.1 Å². The Labute approximate surface area is 191 Å². The van der Waals surface area contributed by atoms with Crippen molar-refractivity contribution in [2.75, 3.05) is 10.5 Å². The predicted octanol–water partition coefficient (Wildman–Crippen LogP) is 2.81. The molecule has 0 saturated heterocycles. The molecule has 0 aliphatic carbocycles. The van der Waals surface area contributed by atoms with Gasteiger partial charge in [-0.15, -0.1) is 0 Å². The van der Waals surface area contributed by atoms with Crippen molar-refractivity contribution in [2.24, 2.45) is 0 Å². The van der Waals surface area contributed by atoms with Gasteiger partial charge in [-0.2, -0.15) is 4.98 Å². The molecule has 0 saturated carbocycles. The summed E-state index contributed by atoms with van der Waals surface area (Å²) in [4.78, 5) is 25.0. The van der Waals surface area contributed by atoms with Crippen LogP contribution in [0, 0.1) is 5.82 Å². The van der Waals surface area contributed by atoms with Gasteiger partial charge in [0.05, 0.1) is 24.2 Å². The molecule has 33 heavy (non-hydrogen) atoms. The predicted molar refractivity (Wildman–Crippen MR) is 122 cm³/mol. The highest BCUT2D eigenvalue weighted by atomic mass is 32.2. The minimum Gasteiger partial charge on any atom is -0.492 e. The van der Waals surface area contributed by atoms with E-state index >= 15 is 0 Å². The van der Waals surface area contributed by atoms with Crippen LogP contribution in [-0.4, -0.2) is 38.8 Å². The molecule has 176 valence electrons. The Morgan fingerprint density at radius 3 is 2.45 bits per heavy atom. The Bertz CT molecular complexity index is 1250. The zero-order chi connectivity index (χ0) is 24.0. The number of aromatic nitrogens is 4. The lowest BCUT2D eigenvalue weighted by molar-refractivity contribution is 0.437. The Kier molecular flexibility index (Phi) is 7.75. The average Bonchev–Trinajstić information content (AvgIpc) is 2.80. The Morgan fingerprint density at radius 1 is 1.15 bits per heavy atom. The largest absolute Gasteiger partial charge is 0.492 e. The van der Waals surface area contributed by atoms with Gasteiger partial charge in [-0.3, -0.25) is 14.1 Å². The van der Waals surface area contributed by atoms with E-state index in [0.717, 1.165) is 30.8 Å². The molecule has 11 heteroatoms. The summed E-state index contributed by atoms with van der Waals surface area (Å²) in [5.41, 5.74) is -0.364. The number of sulfonamides is 1. The normalized spacial score (nSPS) is 12.5. The molecule has 0 spiro atoms. The number of unbranched alkanes of at least 4 members (excludes halogenated alkanes) is 1. The quantitative estimate of drug-likeness (QED) is 0.462. The fourth-order valence-corrected chi connectivity index (χ4v) is 4.39. The van der Waals surface area contributed by atoms with Gasteiger partial charge in [-0.1, -0.05) is 43.7 Å². The van der Waals surface area contributed by atoms with Crippen molar-refractivity contribution in [3.63, 3.8) is 0 Å². The van der Waals surface area contributed by atoms with Gasteiger partial charge < -0.3 is 5.11 Å². The molecule has 2 heterocycles. The summed E-state index contributed by atoms with van der Waals surface area (Å²) in [6.45, 7) is 3.81. The Morgan fingerprint density at radius 2 is 1.82 bits per heavy atom. The molecule has 0 amide bonds. The Balaban J connectivity index is 1.94.